The van der Waals surface area contributed by atoms with E-state index in [-0.39, 0.29) is 0 Å². The zero-order valence-electron chi connectivity index (χ0n) is 9.77. The third-order valence-electron chi connectivity index (χ3n) is 2.18. The van der Waals surface area contributed by atoms with Gasteiger partial charge in [-0.15, -0.1) is 6.42 Å². The molecule has 0 radical (unpaired) electrons. The molecule has 0 unspecified atom stereocenters. The monoisotopic (exact) mass is 215 g/mol. The van der Waals surface area contributed by atoms with E-state index in [0.29, 0.717) is 6.54 Å². The summed E-state index contributed by atoms with van der Waals surface area (Å²) in [5, 5.41) is 3.08. The Bertz CT molecular complexity index is 376. The van der Waals surface area contributed by atoms with Gasteiger partial charge in [0.05, 0.1) is 6.54 Å². The fraction of sp³-hybridized carbons (Fsp3) is 0.308. The summed E-state index contributed by atoms with van der Waals surface area (Å²) in [6.07, 6.45) is 5.20. The minimum absolute atomic E-state index is 0.492. The lowest BCUT2D eigenvalue weighted by molar-refractivity contribution is 0.481. The van der Waals surface area contributed by atoms with E-state index in [9.17, 15) is 0 Å². The van der Waals surface area contributed by atoms with Crippen molar-refractivity contribution in [1.82, 2.24) is 10.2 Å². The lowest BCUT2D eigenvalue weighted by atomic mass is 10.2. The molecule has 3 heteroatoms. The summed E-state index contributed by atoms with van der Waals surface area (Å²) in [6, 6.07) is 10.2. The van der Waals surface area contributed by atoms with Gasteiger partial charge >= 0.3 is 0 Å². The molecular weight excluding hydrogens is 198 g/mol. The molecule has 1 N–H and O–H groups in total. The van der Waals surface area contributed by atoms with Crippen LogP contribution < -0.4 is 5.32 Å². The maximum Gasteiger partial charge on any atom is 0.194 e. The molecule has 0 aromatic heterocycles. The highest BCUT2D eigenvalue weighted by molar-refractivity contribution is 5.79. The molecule has 0 aliphatic carbocycles. The van der Waals surface area contributed by atoms with Gasteiger partial charge in [0.25, 0.3) is 0 Å². The summed E-state index contributed by atoms with van der Waals surface area (Å²) < 4.78 is 0. The zero-order valence-corrected chi connectivity index (χ0v) is 9.77. The first-order valence-electron chi connectivity index (χ1n) is 5.17. The SMILES string of the molecule is C#CCNC(=NC)N(C)Cc1ccccc1. The molecule has 0 fully saturated rings. The van der Waals surface area contributed by atoms with Crippen molar-refractivity contribution >= 4 is 5.96 Å². The maximum atomic E-state index is 5.20. The molecule has 1 aromatic carbocycles. The first-order valence-corrected chi connectivity index (χ1v) is 5.17. The molecule has 0 aliphatic heterocycles. The number of hydrogen-bond acceptors (Lipinski definition) is 1. The van der Waals surface area contributed by atoms with Gasteiger partial charge in [-0.2, -0.15) is 0 Å². The van der Waals surface area contributed by atoms with E-state index in [2.05, 4.69) is 28.4 Å². The summed E-state index contributed by atoms with van der Waals surface area (Å²) in [5.74, 6) is 3.34. The average molecular weight is 215 g/mol. The molecule has 3 nitrogen and oxygen atoms in total. The molecule has 0 aliphatic rings. The Morgan fingerprint density at radius 3 is 2.69 bits per heavy atom. The highest BCUT2D eigenvalue weighted by atomic mass is 15.3. The van der Waals surface area contributed by atoms with Crippen LogP contribution in [0.4, 0.5) is 0 Å². The van der Waals surface area contributed by atoms with Crippen molar-refractivity contribution in [3.05, 3.63) is 35.9 Å². The fourth-order valence-corrected chi connectivity index (χ4v) is 1.45. The van der Waals surface area contributed by atoms with Gasteiger partial charge in [-0.25, -0.2) is 0 Å². The number of nitrogens with zero attached hydrogens (tertiary/aromatic N) is 2. The number of rotatable bonds is 3. The smallest absolute Gasteiger partial charge is 0.194 e. The van der Waals surface area contributed by atoms with E-state index in [0.717, 1.165) is 12.5 Å². The topological polar surface area (TPSA) is 27.6 Å². The highest BCUT2D eigenvalue weighted by Gasteiger charge is 2.04. The normalized spacial score (nSPS) is 10.7. The van der Waals surface area contributed by atoms with Crippen LogP contribution in [0.15, 0.2) is 35.3 Å². The number of guanidine groups is 1. The van der Waals surface area contributed by atoms with Crippen LogP contribution >= 0.6 is 0 Å². The van der Waals surface area contributed by atoms with E-state index in [1.165, 1.54) is 5.56 Å². The Hall–Kier alpha value is -1.95. The minimum Gasteiger partial charge on any atom is -0.345 e. The number of benzene rings is 1. The number of nitrogens with one attached hydrogen (secondary N) is 1. The first kappa shape index (κ1) is 12.1. The van der Waals surface area contributed by atoms with E-state index in [1.807, 2.05) is 30.1 Å². The molecule has 16 heavy (non-hydrogen) atoms. The third-order valence-corrected chi connectivity index (χ3v) is 2.18. The Balaban J connectivity index is 2.57. The molecule has 0 saturated heterocycles. The second-order valence-corrected chi connectivity index (χ2v) is 3.45. The van der Waals surface area contributed by atoms with Gasteiger partial charge in [-0.3, -0.25) is 4.99 Å². The van der Waals surface area contributed by atoms with Crippen molar-refractivity contribution in [2.75, 3.05) is 20.6 Å². The minimum atomic E-state index is 0.492. The third kappa shape index (κ3) is 3.66. The largest absolute Gasteiger partial charge is 0.345 e. The van der Waals surface area contributed by atoms with E-state index in [1.54, 1.807) is 7.05 Å². The Labute approximate surface area is 97.2 Å². The maximum absolute atomic E-state index is 5.20. The van der Waals surface area contributed by atoms with Crippen molar-refractivity contribution in [2.45, 2.75) is 6.54 Å². The van der Waals surface area contributed by atoms with Crippen LogP contribution in [0.25, 0.3) is 0 Å². The van der Waals surface area contributed by atoms with E-state index < -0.39 is 0 Å². The van der Waals surface area contributed by atoms with Gasteiger partial charge in [0.2, 0.25) is 0 Å². The van der Waals surface area contributed by atoms with Crippen molar-refractivity contribution in [2.24, 2.45) is 4.99 Å². The summed E-state index contributed by atoms with van der Waals surface area (Å²) in [6.45, 7) is 1.30. The van der Waals surface area contributed by atoms with Crippen LogP contribution in [0.5, 0.6) is 0 Å². The predicted molar refractivity (Wildman–Crippen MR) is 68.1 cm³/mol. The summed E-state index contributed by atoms with van der Waals surface area (Å²) in [7, 11) is 3.74. The summed E-state index contributed by atoms with van der Waals surface area (Å²) >= 11 is 0. The first-order chi connectivity index (χ1) is 7.77. The second-order valence-electron chi connectivity index (χ2n) is 3.45. The molecule has 0 bridgehead atoms. The van der Waals surface area contributed by atoms with Crippen molar-refractivity contribution in [3.63, 3.8) is 0 Å². The molecule has 0 saturated carbocycles. The van der Waals surface area contributed by atoms with Crippen LogP contribution in [-0.2, 0) is 6.54 Å². The van der Waals surface area contributed by atoms with E-state index >= 15 is 0 Å². The van der Waals surface area contributed by atoms with Crippen LogP contribution in [0, 0.1) is 12.3 Å². The molecule has 0 spiro atoms. The quantitative estimate of drug-likeness (QED) is 0.468. The van der Waals surface area contributed by atoms with Crippen molar-refractivity contribution in [1.29, 1.82) is 0 Å². The van der Waals surface area contributed by atoms with Crippen LogP contribution in [0.2, 0.25) is 0 Å². The molecule has 0 heterocycles. The Morgan fingerprint density at radius 2 is 2.12 bits per heavy atom. The van der Waals surface area contributed by atoms with Crippen molar-refractivity contribution in [3.8, 4) is 12.3 Å². The van der Waals surface area contributed by atoms with Crippen LogP contribution in [-0.4, -0.2) is 31.5 Å². The average Bonchev–Trinajstić information content (AvgIpc) is 2.31. The molecular formula is C13H17N3. The molecule has 1 rings (SSSR count). The van der Waals surface area contributed by atoms with Gasteiger partial charge in [0, 0.05) is 20.6 Å². The zero-order chi connectivity index (χ0) is 11.8. The summed E-state index contributed by atoms with van der Waals surface area (Å²) in [4.78, 5) is 6.19. The molecule has 84 valence electrons. The lowest BCUT2D eigenvalue weighted by Gasteiger charge is -2.21. The van der Waals surface area contributed by atoms with Crippen LogP contribution in [0.1, 0.15) is 5.56 Å². The standard InChI is InChI=1S/C13H17N3/c1-4-10-15-13(14-2)16(3)11-12-8-6-5-7-9-12/h1,5-9H,10-11H2,2-3H3,(H,14,15). The summed E-state index contributed by atoms with van der Waals surface area (Å²) in [5.41, 5.74) is 1.24. The van der Waals surface area contributed by atoms with Gasteiger partial charge < -0.3 is 10.2 Å². The number of hydrogen-bond donors (Lipinski definition) is 1. The fourth-order valence-electron chi connectivity index (χ4n) is 1.45. The Morgan fingerprint density at radius 1 is 1.44 bits per heavy atom. The Kier molecular flexibility index (Phi) is 4.94. The molecule has 0 amide bonds. The second kappa shape index (κ2) is 6.52. The number of terminal acetylenes is 1. The number of aliphatic imine (C=N–C) groups is 1. The lowest BCUT2D eigenvalue weighted by Crippen LogP contribution is -2.38. The van der Waals surface area contributed by atoms with Gasteiger partial charge in [0.15, 0.2) is 5.96 Å². The van der Waals surface area contributed by atoms with Crippen LogP contribution in [0.3, 0.4) is 0 Å². The van der Waals surface area contributed by atoms with Gasteiger partial charge in [0.1, 0.15) is 0 Å². The van der Waals surface area contributed by atoms with E-state index in [4.69, 9.17) is 6.42 Å². The van der Waals surface area contributed by atoms with Gasteiger partial charge in [-0.1, -0.05) is 36.3 Å². The highest BCUT2D eigenvalue weighted by Crippen LogP contribution is 2.02. The van der Waals surface area contributed by atoms with Crippen molar-refractivity contribution < 1.29 is 0 Å². The predicted octanol–water partition coefficient (Wildman–Crippen LogP) is 1.33. The molecule has 0 atom stereocenters. The molecule has 1 aromatic rings. The van der Waals surface area contributed by atoms with Gasteiger partial charge in [-0.05, 0) is 5.56 Å².